The van der Waals surface area contributed by atoms with Gasteiger partial charge in [0.15, 0.2) is 0 Å². The molecule has 2 N–H and O–H groups in total. The number of hydrogen-bond acceptors (Lipinski definition) is 5. The summed E-state index contributed by atoms with van der Waals surface area (Å²) in [5.41, 5.74) is 3.40. The molecule has 0 atom stereocenters. The van der Waals surface area contributed by atoms with Gasteiger partial charge in [0.05, 0.1) is 11.5 Å². The Kier molecular flexibility index (Phi) is 6.20. The van der Waals surface area contributed by atoms with Crippen molar-refractivity contribution < 1.29 is 14.5 Å². The molecule has 142 valence electrons. The van der Waals surface area contributed by atoms with E-state index >= 15 is 0 Å². The van der Waals surface area contributed by atoms with Gasteiger partial charge in [0.1, 0.15) is 0 Å². The predicted octanol–water partition coefficient (Wildman–Crippen LogP) is 5.13. The van der Waals surface area contributed by atoms with Gasteiger partial charge in [-0.05, 0) is 42.0 Å². The van der Waals surface area contributed by atoms with E-state index in [1.165, 1.54) is 12.1 Å². The van der Waals surface area contributed by atoms with Gasteiger partial charge in [-0.2, -0.15) is 0 Å². The zero-order valence-corrected chi connectivity index (χ0v) is 15.0. The van der Waals surface area contributed by atoms with Crippen LogP contribution < -0.4 is 10.6 Å². The third kappa shape index (κ3) is 5.57. The van der Waals surface area contributed by atoms with Crippen LogP contribution in [0.2, 0.25) is 0 Å². The molecule has 3 aromatic rings. The average Bonchev–Trinajstić information content (AvgIpc) is 2.71. The Labute approximate surface area is 162 Å². The number of hydrogen-bond donors (Lipinski definition) is 2. The van der Waals surface area contributed by atoms with Gasteiger partial charge in [-0.3, -0.25) is 15.4 Å². The minimum atomic E-state index is -0.550. The molecule has 0 aliphatic heterocycles. The number of ether oxygens (including phenoxy) is 1. The molecule has 1 amide bonds. The molecule has 0 heterocycles. The average molecular weight is 377 g/mol. The van der Waals surface area contributed by atoms with Crippen molar-refractivity contribution in [2.75, 3.05) is 17.2 Å². The Bertz CT molecular complexity index is 926. The molecule has 0 bridgehead atoms. The topological polar surface area (TPSA) is 93.5 Å². The van der Waals surface area contributed by atoms with E-state index < -0.39 is 11.0 Å². The van der Waals surface area contributed by atoms with E-state index in [4.69, 9.17) is 4.74 Å². The molecule has 3 rings (SSSR count). The fourth-order valence-corrected chi connectivity index (χ4v) is 2.52. The number of nitrogens with zero attached hydrogens (tertiary/aromatic N) is 1. The van der Waals surface area contributed by atoms with Crippen molar-refractivity contribution in [3.05, 3.63) is 94.5 Å². The van der Waals surface area contributed by atoms with Crippen LogP contribution >= 0.6 is 0 Å². The van der Waals surface area contributed by atoms with E-state index in [2.05, 4.69) is 10.6 Å². The largest absolute Gasteiger partial charge is 0.449 e. The van der Waals surface area contributed by atoms with Crippen LogP contribution in [0.4, 0.5) is 27.5 Å². The van der Waals surface area contributed by atoms with Crippen molar-refractivity contribution in [2.24, 2.45) is 0 Å². The Morgan fingerprint density at radius 1 is 0.857 bits per heavy atom. The summed E-state index contributed by atoms with van der Waals surface area (Å²) in [7, 11) is 0. The number of non-ortho nitro benzene ring substituents is 1. The summed E-state index contributed by atoms with van der Waals surface area (Å²) in [6.45, 7) is 0.178. The first-order valence-electron chi connectivity index (χ1n) is 8.69. The van der Waals surface area contributed by atoms with Crippen LogP contribution in [0.3, 0.4) is 0 Å². The van der Waals surface area contributed by atoms with Crippen molar-refractivity contribution in [1.29, 1.82) is 0 Å². The molecule has 0 fully saturated rings. The number of nitro groups is 1. The smallest absolute Gasteiger partial charge is 0.411 e. The van der Waals surface area contributed by atoms with Crippen LogP contribution in [0.25, 0.3) is 0 Å². The monoisotopic (exact) mass is 377 g/mol. The van der Waals surface area contributed by atoms with E-state index in [1.807, 2.05) is 42.5 Å². The highest BCUT2D eigenvalue weighted by Gasteiger charge is 2.06. The maximum Gasteiger partial charge on any atom is 0.411 e. The summed E-state index contributed by atoms with van der Waals surface area (Å²) in [6, 6.07) is 23.2. The standard InChI is InChI=1S/C21H19N3O4/c25-21(28-15-14-16-6-12-20(13-7-16)24(26)27)23-19-10-8-18(9-11-19)22-17-4-2-1-3-5-17/h1-13,22H,14-15H2,(H,23,25). The van der Waals surface area contributed by atoms with Gasteiger partial charge in [0, 0.05) is 35.6 Å². The molecule has 0 aliphatic rings. The van der Waals surface area contributed by atoms with Gasteiger partial charge in [-0.25, -0.2) is 4.79 Å². The quantitative estimate of drug-likeness (QED) is 0.440. The minimum absolute atomic E-state index is 0.0348. The zero-order valence-electron chi connectivity index (χ0n) is 15.0. The molecule has 3 aromatic carbocycles. The molecule has 0 aliphatic carbocycles. The molecule has 0 aromatic heterocycles. The minimum Gasteiger partial charge on any atom is -0.449 e. The molecule has 28 heavy (non-hydrogen) atoms. The fourth-order valence-electron chi connectivity index (χ4n) is 2.52. The van der Waals surface area contributed by atoms with Crippen LogP contribution in [0.5, 0.6) is 0 Å². The van der Waals surface area contributed by atoms with Gasteiger partial charge >= 0.3 is 6.09 Å². The first-order valence-corrected chi connectivity index (χ1v) is 8.69. The van der Waals surface area contributed by atoms with E-state index in [0.29, 0.717) is 12.1 Å². The van der Waals surface area contributed by atoms with Gasteiger partial charge in [-0.15, -0.1) is 0 Å². The normalized spacial score (nSPS) is 10.1. The first-order chi connectivity index (χ1) is 13.6. The van der Waals surface area contributed by atoms with Gasteiger partial charge < -0.3 is 10.1 Å². The predicted molar refractivity (Wildman–Crippen MR) is 108 cm³/mol. The SMILES string of the molecule is O=C(Nc1ccc(Nc2ccccc2)cc1)OCCc1ccc([N+](=O)[O-])cc1. The van der Waals surface area contributed by atoms with Gasteiger partial charge in [0.2, 0.25) is 0 Å². The van der Waals surface area contributed by atoms with Crippen molar-refractivity contribution >= 4 is 28.8 Å². The number of rotatable bonds is 7. The lowest BCUT2D eigenvalue weighted by molar-refractivity contribution is -0.384. The number of amides is 1. The highest BCUT2D eigenvalue weighted by molar-refractivity contribution is 5.85. The molecular formula is C21H19N3O4. The lowest BCUT2D eigenvalue weighted by Crippen LogP contribution is -2.15. The second kappa shape index (κ2) is 9.18. The van der Waals surface area contributed by atoms with Crippen molar-refractivity contribution in [3.63, 3.8) is 0 Å². The van der Waals surface area contributed by atoms with Crippen LogP contribution in [0.1, 0.15) is 5.56 Å². The summed E-state index contributed by atoms with van der Waals surface area (Å²) in [5.74, 6) is 0. The number of carbonyl (C=O) groups is 1. The van der Waals surface area contributed by atoms with Crippen LogP contribution in [-0.2, 0) is 11.2 Å². The maximum absolute atomic E-state index is 11.9. The fraction of sp³-hybridized carbons (Fsp3) is 0.0952. The molecule has 0 unspecified atom stereocenters. The van der Waals surface area contributed by atoms with E-state index in [1.54, 1.807) is 24.3 Å². The summed E-state index contributed by atoms with van der Waals surface area (Å²) in [4.78, 5) is 22.1. The third-order valence-electron chi connectivity index (χ3n) is 3.96. The van der Waals surface area contributed by atoms with Crippen molar-refractivity contribution in [3.8, 4) is 0 Å². The van der Waals surface area contributed by atoms with Crippen LogP contribution in [-0.4, -0.2) is 17.6 Å². The number of para-hydroxylation sites is 1. The first kappa shape index (κ1) is 18.9. The molecule has 7 nitrogen and oxygen atoms in total. The third-order valence-corrected chi connectivity index (χ3v) is 3.96. The molecule has 0 saturated heterocycles. The Morgan fingerprint density at radius 2 is 1.46 bits per heavy atom. The lowest BCUT2D eigenvalue weighted by Gasteiger charge is -2.09. The summed E-state index contributed by atoms with van der Waals surface area (Å²) in [6.07, 6.45) is -0.0728. The number of carbonyl (C=O) groups excluding carboxylic acids is 1. The van der Waals surface area contributed by atoms with Gasteiger partial charge in [0.25, 0.3) is 5.69 Å². The Morgan fingerprint density at radius 3 is 2.11 bits per heavy atom. The van der Waals surface area contributed by atoms with E-state index in [9.17, 15) is 14.9 Å². The highest BCUT2D eigenvalue weighted by Crippen LogP contribution is 2.19. The number of nitro benzene ring substituents is 1. The lowest BCUT2D eigenvalue weighted by atomic mass is 10.1. The van der Waals surface area contributed by atoms with Crippen LogP contribution in [0.15, 0.2) is 78.9 Å². The van der Waals surface area contributed by atoms with Crippen molar-refractivity contribution in [1.82, 2.24) is 0 Å². The summed E-state index contributed by atoms with van der Waals surface area (Å²) in [5, 5.41) is 16.6. The van der Waals surface area contributed by atoms with E-state index in [0.717, 1.165) is 16.9 Å². The van der Waals surface area contributed by atoms with Crippen LogP contribution in [0, 0.1) is 10.1 Å². The van der Waals surface area contributed by atoms with Gasteiger partial charge in [-0.1, -0.05) is 30.3 Å². The maximum atomic E-state index is 11.9. The number of benzene rings is 3. The molecule has 0 radical (unpaired) electrons. The highest BCUT2D eigenvalue weighted by atomic mass is 16.6. The number of anilines is 3. The molecular weight excluding hydrogens is 358 g/mol. The molecule has 0 saturated carbocycles. The number of nitrogens with one attached hydrogen (secondary N) is 2. The Balaban J connectivity index is 1.43. The molecule has 7 heteroatoms. The summed E-state index contributed by atoms with van der Waals surface area (Å²) < 4.78 is 5.15. The zero-order chi connectivity index (χ0) is 19.8. The second-order valence-corrected chi connectivity index (χ2v) is 6.00. The van der Waals surface area contributed by atoms with E-state index in [-0.39, 0.29) is 12.3 Å². The van der Waals surface area contributed by atoms with Crippen molar-refractivity contribution in [2.45, 2.75) is 6.42 Å². The second-order valence-electron chi connectivity index (χ2n) is 6.00. The molecule has 0 spiro atoms. The Hall–Kier alpha value is -3.87. The summed E-state index contributed by atoms with van der Waals surface area (Å²) >= 11 is 0.